The number of alkyl halides is 3. The van der Waals surface area contributed by atoms with Crippen molar-refractivity contribution in [2.75, 3.05) is 46.5 Å². The summed E-state index contributed by atoms with van der Waals surface area (Å²) in [6.07, 6.45) is -5.71. The van der Waals surface area contributed by atoms with Crippen LogP contribution in [0.25, 0.3) is 11.1 Å². The second kappa shape index (κ2) is 19.6. The van der Waals surface area contributed by atoms with E-state index in [0.29, 0.717) is 68.1 Å². The number of aliphatic imine (C=N–C) groups is 1. The molecule has 1 aliphatic rings. The summed E-state index contributed by atoms with van der Waals surface area (Å²) < 4.78 is 56.8. The highest BCUT2D eigenvalue weighted by Gasteiger charge is 2.43. The predicted molar refractivity (Wildman–Crippen MR) is 190 cm³/mol. The number of nitrogens with zero attached hydrogens (tertiary/aromatic N) is 3. The van der Waals surface area contributed by atoms with Crippen LogP contribution < -0.4 is 15.8 Å². The van der Waals surface area contributed by atoms with Crippen LogP contribution >= 0.6 is 0 Å². The molecule has 3 aromatic carbocycles. The summed E-state index contributed by atoms with van der Waals surface area (Å²) in [5.74, 6) is -3.55. The molecule has 1 aliphatic heterocycles. The van der Waals surface area contributed by atoms with Crippen LogP contribution in [0.15, 0.2) is 77.8 Å². The standard InChI is InChI=1S/C38H46F3N5O6/c1-3-4-18-43-37(42)44-35(48)32(52-36(49)38(39,40)41)23-29-16-17-30(28-14-9-6-10-15-28)34(51-22-11-21-50-2)31(29)25-45-19-20-46(33(47)26-45)24-27-12-7-5-8-13-27/h5-10,12-17,32H,3-4,11,18-26H2,1-2H3,(H3,42,43,44,48). The summed E-state index contributed by atoms with van der Waals surface area (Å²) in [5, 5.41) is 2.29. The number of amides is 2. The minimum atomic E-state index is -5.35. The van der Waals surface area contributed by atoms with Gasteiger partial charge in [0.05, 0.1) is 13.2 Å². The average Bonchev–Trinajstić information content (AvgIpc) is 3.12. The lowest BCUT2D eigenvalue weighted by atomic mass is 9.93. The largest absolute Gasteiger partial charge is 0.493 e. The molecule has 0 spiro atoms. The topological polar surface area (TPSA) is 136 Å². The number of halogens is 3. The molecule has 2 amide bonds. The Balaban J connectivity index is 1.72. The molecule has 14 heteroatoms. The third-order valence-corrected chi connectivity index (χ3v) is 8.40. The number of unbranched alkanes of at least 4 members (excludes halogenated alkanes) is 1. The van der Waals surface area contributed by atoms with Gasteiger partial charge < -0.3 is 24.8 Å². The van der Waals surface area contributed by atoms with E-state index in [1.807, 2.05) is 72.5 Å². The van der Waals surface area contributed by atoms with Crippen LogP contribution in [0, 0.1) is 0 Å². The highest BCUT2D eigenvalue weighted by Crippen LogP contribution is 2.37. The molecule has 1 atom stereocenters. The summed E-state index contributed by atoms with van der Waals surface area (Å²) in [6.45, 7) is 4.52. The Morgan fingerprint density at radius 2 is 1.67 bits per heavy atom. The van der Waals surface area contributed by atoms with E-state index in [4.69, 9.17) is 19.9 Å². The Labute approximate surface area is 301 Å². The smallest absolute Gasteiger partial charge is 0.490 e. The number of rotatable bonds is 17. The number of nitrogens with two attached hydrogens (primary N) is 1. The van der Waals surface area contributed by atoms with E-state index in [2.05, 4.69) is 10.3 Å². The number of carbonyl (C=O) groups excluding carboxylic acids is 3. The van der Waals surface area contributed by atoms with Gasteiger partial charge in [-0.3, -0.25) is 24.8 Å². The first-order valence-electron chi connectivity index (χ1n) is 17.2. The van der Waals surface area contributed by atoms with E-state index in [-0.39, 0.29) is 31.6 Å². The van der Waals surface area contributed by atoms with E-state index in [1.165, 1.54) is 0 Å². The van der Waals surface area contributed by atoms with Gasteiger partial charge >= 0.3 is 12.1 Å². The molecule has 280 valence electrons. The van der Waals surface area contributed by atoms with Crippen molar-refractivity contribution >= 4 is 23.7 Å². The molecule has 1 fully saturated rings. The quantitative estimate of drug-likeness (QED) is 0.0873. The molecule has 1 unspecified atom stereocenters. The maximum Gasteiger partial charge on any atom is 0.490 e. The third-order valence-electron chi connectivity index (χ3n) is 8.40. The van der Waals surface area contributed by atoms with Crippen molar-refractivity contribution in [3.8, 4) is 16.9 Å². The number of hydrogen-bond donors (Lipinski definition) is 2. The highest BCUT2D eigenvalue weighted by molar-refractivity contribution is 5.99. The van der Waals surface area contributed by atoms with Gasteiger partial charge in [0.15, 0.2) is 12.1 Å². The maximum absolute atomic E-state index is 13.5. The van der Waals surface area contributed by atoms with Crippen LogP contribution in [0.2, 0.25) is 0 Å². The van der Waals surface area contributed by atoms with Crippen molar-refractivity contribution in [2.24, 2.45) is 10.7 Å². The van der Waals surface area contributed by atoms with Crippen molar-refractivity contribution in [3.63, 3.8) is 0 Å². The zero-order valence-electron chi connectivity index (χ0n) is 29.5. The fourth-order valence-corrected chi connectivity index (χ4v) is 5.69. The molecule has 1 saturated heterocycles. The van der Waals surface area contributed by atoms with Crippen LogP contribution in [0.3, 0.4) is 0 Å². The van der Waals surface area contributed by atoms with Gasteiger partial charge in [-0.1, -0.05) is 86.1 Å². The Kier molecular flexibility index (Phi) is 15.0. The molecule has 0 aromatic heterocycles. The van der Waals surface area contributed by atoms with Gasteiger partial charge in [-0.2, -0.15) is 13.2 Å². The van der Waals surface area contributed by atoms with Crippen LogP contribution in [0.1, 0.15) is 42.9 Å². The number of ether oxygens (including phenoxy) is 3. The third kappa shape index (κ3) is 11.8. The van der Waals surface area contributed by atoms with E-state index in [0.717, 1.165) is 17.5 Å². The van der Waals surface area contributed by atoms with Crippen molar-refractivity contribution in [1.82, 2.24) is 15.1 Å². The fraction of sp³-hybridized carbons (Fsp3) is 0.421. The number of esters is 1. The van der Waals surface area contributed by atoms with Gasteiger partial charge in [-0.25, -0.2) is 4.79 Å². The lowest BCUT2D eigenvalue weighted by Gasteiger charge is -2.35. The zero-order chi connectivity index (χ0) is 37.5. The van der Waals surface area contributed by atoms with E-state index >= 15 is 0 Å². The van der Waals surface area contributed by atoms with E-state index in [9.17, 15) is 27.6 Å². The first kappa shape index (κ1) is 39.8. The monoisotopic (exact) mass is 725 g/mol. The Bertz CT molecular complexity index is 1660. The van der Waals surface area contributed by atoms with Gasteiger partial charge in [-0.05, 0) is 23.1 Å². The number of carbonyl (C=O) groups is 3. The predicted octanol–water partition coefficient (Wildman–Crippen LogP) is 4.86. The molecule has 11 nitrogen and oxygen atoms in total. The summed E-state index contributed by atoms with van der Waals surface area (Å²) in [6, 6.07) is 22.5. The highest BCUT2D eigenvalue weighted by atomic mass is 19.4. The summed E-state index contributed by atoms with van der Waals surface area (Å²) in [7, 11) is 1.57. The second-order valence-electron chi connectivity index (χ2n) is 12.4. The van der Waals surface area contributed by atoms with Crippen molar-refractivity contribution in [1.29, 1.82) is 0 Å². The minimum Gasteiger partial charge on any atom is -0.493 e. The summed E-state index contributed by atoms with van der Waals surface area (Å²) in [5.41, 5.74) is 9.30. The minimum absolute atomic E-state index is 0.0721. The van der Waals surface area contributed by atoms with Crippen LogP contribution in [0.4, 0.5) is 13.2 Å². The summed E-state index contributed by atoms with van der Waals surface area (Å²) >= 11 is 0. The van der Waals surface area contributed by atoms with Crippen LogP contribution in [-0.4, -0.2) is 92.3 Å². The normalized spacial score (nSPS) is 14.6. The van der Waals surface area contributed by atoms with Crippen molar-refractivity contribution in [2.45, 2.75) is 58.0 Å². The number of hydrogen-bond acceptors (Lipinski definition) is 8. The van der Waals surface area contributed by atoms with Crippen LogP contribution in [-0.2, 0) is 43.4 Å². The Hall–Kier alpha value is -4.95. The SMILES string of the molecule is CCCCN=C(N)NC(=O)C(Cc1ccc(-c2ccccc2)c(OCCCOC)c1CN1CCN(Cc2ccccc2)C(=O)C1)OC(=O)C(F)(F)F. The molecular formula is C38H46F3N5O6. The molecule has 1 heterocycles. The van der Waals surface area contributed by atoms with Gasteiger partial charge in [0.2, 0.25) is 5.91 Å². The molecule has 52 heavy (non-hydrogen) atoms. The lowest BCUT2D eigenvalue weighted by Crippen LogP contribution is -2.49. The number of nitrogens with one attached hydrogen (secondary N) is 1. The van der Waals surface area contributed by atoms with Gasteiger partial charge in [0.1, 0.15) is 5.75 Å². The van der Waals surface area contributed by atoms with E-state index in [1.54, 1.807) is 24.1 Å². The van der Waals surface area contributed by atoms with Gasteiger partial charge in [0, 0.05) is 70.4 Å². The lowest BCUT2D eigenvalue weighted by molar-refractivity contribution is -0.205. The number of benzene rings is 3. The zero-order valence-corrected chi connectivity index (χ0v) is 29.5. The first-order chi connectivity index (χ1) is 25.0. The van der Waals surface area contributed by atoms with E-state index < -0.39 is 30.6 Å². The molecular weight excluding hydrogens is 679 g/mol. The molecule has 3 N–H and O–H groups in total. The van der Waals surface area contributed by atoms with Crippen LogP contribution in [0.5, 0.6) is 5.75 Å². The molecule has 0 bridgehead atoms. The number of methoxy groups -OCH3 is 1. The van der Waals surface area contributed by atoms with Crippen molar-refractivity contribution < 1.29 is 41.8 Å². The Morgan fingerprint density at radius 3 is 2.33 bits per heavy atom. The molecule has 3 aromatic rings. The molecule has 4 rings (SSSR count). The molecule has 0 aliphatic carbocycles. The van der Waals surface area contributed by atoms with Crippen molar-refractivity contribution in [3.05, 3.63) is 89.5 Å². The Morgan fingerprint density at radius 1 is 0.962 bits per heavy atom. The average molecular weight is 726 g/mol. The molecule has 0 saturated carbocycles. The number of guanidine groups is 1. The fourth-order valence-electron chi connectivity index (χ4n) is 5.69. The van der Waals surface area contributed by atoms with Gasteiger partial charge in [0.25, 0.3) is 5.91 Å². The van der Waals surface area contributed by atoms with Gasteiger partial charge in [-0.15, -0.1) is 0 Å². The summed E-state index contributed by atoms with van der Waals surface area (Å²) in [4.78, 5) is 46.6. The second-order valence-corrected chi connectivity index (χ2v) is 12.4. The maximum atomic E-state index is 13.5. The first-order valence-corrected chi connectivity index (χ1v) is 17.2. The number of piperazine rings is 1. The molecule has 0 radical (unpaired) electrons.